The first-order valence-electron chi connectivity index (χ1n) is 12.6. The normalized spacial score (nSPS) is 17.8. The lowest BCUT2D eigenvalue weighted by Gasteiger charge is -2.41. The number of hydrogen-bond donors (Lipinski definition) is 1. The van der Waals surface area contributed by atoms with E-state index in [9.17, 15) is 9.59 Å². The van der Waals surface area contributed by atoms with E-state index in [4.69, 9.17) is 14.3 Å². The van der Waals surface area contributed by atoms with Crippen molar-refractivity contribution in [2.75, 3.05) is 0 Å². The zero-order chi connectivity index (χ0) is 26.1. The van der Waals surface area contributed by atoms with Crippen LogP contribution in [0.4, 0.5) is 0 Å². The fourth-order valence-corrected chi connectivity index (χ4v) is 5.37. The SMILES string of the molecule is CC(Oc1ccccc1)[C@H](CCC1=CCC(=O)[C@@H]1CCC=C=CCC(=O)O)O[Si](C)(C)C(C)(C)C. The van der Waals surface area contributed by atoms with Gasteiger partial charge in [0.1, 0.15) is 17.6 Å². The fourth-order valence-electron chi connectivity index (χ4n) is 3.95. The maximum Gasteiger partial charge on any atom is 0.307 e. The van der Waals surface area contributed by atoms with Crippen LogP contribution in [0.25, 0.3) is 0 Å². The van der Waals surface area contributed by atoms with Gasteiger partial charge in [0.25, 0.3) is 0 Å². The molecule has 0 aromatic heterocycles. The van der Waals surface area contributed by atoms with Gasteiger partial charge in [-0.25, -0.2) is 0 Å². The van der Waals surface area contributed by atoms with E-state index in [-0.39, 0.29) is 35.4 Å². The van der Waals surface area contributed by atoms with Crippen LogP contribution in [0.1, 0.15) is 66.2 Å². The Balaban J connectivity index is 2.06. The van der Waals surface area contributed by atoms with Gasteiger partial charge in [0, 0.05) is 12.3 Å². The highest BCUT2D eigenvalue weighted by Crippen LogP contribution is 2.39. The average molecular weight is 499 g/mol. The Bertz CT molecular complexity index is 936. The van der Waals surface area contributed by atoms with Crippen LogP contribution in [-0.2, 0) is 14.0 Å². The first-order chi connectivity index (χ1) is 16.4. The topological polar surface area (TPSA) is 72.8 Å². The summed E-state index contributed by atoms with van der Waals surface area (Å²) in [7, 11) is -2.02. The van der Waals surface area contributed by atoms with Crippen molar-refractivity contribution in [3.8, 4) is 5.75 Å². The van der Waals surface area contributed by atoms with Crippen molar-refractivity contribution in [3.63, 3.8) is 0 Å². The summed E-state index contributed by atoms with van der Waals surface area (Å²) in [6, 6.07) is 9.84. The number of carbonyl (C=O) groups excluding carboxylic acids is 1. The summed E-state index contributed by atoms with van der Waals surface area (Å²) >= 11 is 0. The molecule has 5 nitrogen and oxygen atoms in total. The number of rotatable bonds is 13. The van der Waals surface area contributed by atoms with E-state index in [0.717, 1.165) is 25.0 Å². The number of carboxylic acids is 1. The van der Waals surface area contributed by atoms with Crippen molar-refractivity contribution >= 4 is 20.1 Å². The molecule has 0 bridgehead atoms. The van der Waals surface area contributed by atoms with Crippen molar-refractivity contribution in [3.05, 3.63) is 59.9 Å². The Morgan fingerprint density at radius 2 is 1.91 bits per heavy atom. The minimum absolute atomic E-state index is 0.0388. The number of allylic oxidation sites excluding steroid dienone is 2. The van der Waals surface area contributed by atoms with Gasteiger partial charge in [-0.2, -0.15) is 0 Å². The second-order valence-electron chi connectivity index (χ2n) is 10.8. The van der Waals surface area contributed by atoms with Gasteiger partial charge in [-0.3, -0.25) is 9.59 Å². The lowest BCUT2D eigenvalue weighted by Crippen LogP contribution is -2.47. The van der Waals surface area contributed by atoms with Crippen LogP contribution in [0.2, 0.25) is 18.1 Å². The maximum atomic E-state index is 12.6. The van der Waals surface area contributed by atoms with E-state index >= 15 is 0 Å². The summed E-state index contributed by atoms with van der Waals surface area (Å²) < 4.78 is 13.1. The smallest absolute Gasteiger partial charge is 0.307 e. The molecule has 0 amide bonds. The minimum atomic E-state index is -2.02. The molecular formula is C29H42O5Si. The summed E-state index contributed by atoms with van der Waals surface area (Å²) in [6.45, 7) is 13.3. The number of Topliss-reactive ketones (excluding diaryl/α,β-unsaturated/α-hetero) is 1. The van der Waals surface area contributed by atoms with E-state index in [2.05, 4.69) is 52.6 Å². The number of para-hydroxylation sites is 1. The molecule has 192 valence electrons. The zero-order valence-corrected chi connectivity index (χ0v) is 23.2. The highest BCUT2D eigenvalue weighted by Gasteiger charge is 2.41. The van der Waals surface area contributed by atoms with Crippen LogP contribution in [-0.4, -0.2) is 37.4 Å². The number of benzene rings is 1. The van der Waals surface area contributed by atoms with Crippen molar-refractivity contribution < 1.29 is 23.9 Å². The highest BCUT2D eigenvalue weighted by atomic mass is 28.4. The highest BCUT2D eigenvalue weighted by molar-refractivity contribution is 6.74. The number of carbonyl (C=O) groups is 2. The Morgan fingerprint density at radius 3 is 2.54 bits per heavy atom. The molecule has 3 atom stereocenters. The van der Waals surface area contributed by atoms with E-state index in [1.165, 1.54) is 11.6 Å². The summed E-state index contributed by atoms with van der Waals surface area (Å²) in [5.74, 6) is 0.145. The molecule has 0 saturated heterocycles. The second kappa shape index (κ2) is 13.1. The van der Waals surface area contributed by atoms with Gasteiger partial charge >= 0.3 is 5.97 Å². The standard InChI is InChI=1S/C29H42O5Si/c1-22(33-24-14-10-9-11-15-24)27(34-35(5,6)29(2,3)4)21-19-23-18-20-26(30)25(23)16-12-7-8-13-17-28(31)32/h7,9-11,13-15,18,22,25,27H,12,16-17,19-21H2,1-6H3,(H,31,32)/t8?,22?,25-,27+/m1/s1. The molecule has 0 heterocycles. The first-order valence-corrected chi connectivity index (χ1v) is 15.5. The van der Waals surface area contributed by atoms with E-state index < -0.39 is 14.3 Å². The Kier molecular flexibility index (Phi) is 10.8. The third-order valence-electron chi connectivity index (χ3n) is 7.07. The number of hydrogen-bond acceptors (Lipinski definition) is 4. The third kappa shape index (κ3) is 9.29. The number of carboxylic acid groups (broad SMARTS) is 1. The maximum absolute atomic E-state index is 12.6. The van der Waals surface area contributed by atoms with Crippen LogP contribution in [0.15, 0.2) is 59.9 Å². The molecule has 1 aliphatic carbocycles. The quantitative estimate of drug-likeness (QED) is 0.178. The molecule has 0 radical (unpaired) electrons. The Labute approximate surface area is 212 Å². The van der Waals surface area contributed by atoms with Gasteiger partial charge in [0.05, 0.1) is 12.5 Å². The molecule has 35 heavy (non-hydrogen) atoms. The largest absolute Gasteiger partial charge is 0.488 e. The molecule has 2 rings (SSSR count). The van der Waals surface area contributed by atoms with Crippen LogP contribution in [0.3, 0.4) is 0 Å². The predicted molar refractivity (Wildman–Crippen MR) is 143 cm³/mol. The summed E-state index contributed by atoms with van der Waals surface area (Å²) in [4.78, 5) is 23.1. The van der Waals surface area contributed by atoms with Crippen molar-refractivity contribution in [2.24, 2.45) is 5.92 Å². The number of ketones is 1. The molecule has 1 aromatic carbocycles. The van der Waals surface area contributed by atoms with Crippen LogP contribution in [0.5, 0.6) is 5.75 Å². The lowest BCUT2D eigenvalue weighted by molar-refractivity contribution is -0.136. The van der Waals surface area contributed by atoms with Crippen molar-refractivity contribution in [1.29, 1.82) is 0 Å². The zero-order valence-electron chi connectivity index (χ0n) is 22.2. The van der Waals surface area contributed by atoms with Gasteiger partial charge in [-0.1, -0.05) is 50.6 Å². The summed E-state index contributed by atoms with van der Waals surface area (Å²) in [5.41, 5.74) is 4.09. The van der Waals surface area contributed by atoms with Crippen molar-refractivity contribution in [1.82, 2.24) is 0 Å². The molecule has 1 unspecified atom stereocenters. The lowest BCUT2D eigenvalue weighted by atomic mass is 9.91. The molecule has 0 saturated carbocycles. The molecule has 1 aromatic rings. The van der Waals surface area contributed by atoms with E-state index in [1.807, 2.05) is 36.4 Å². The Morgan fingerprint density at radius 1 is 1.23 bits per heavy atom. The number of aliphatic carboxylic acids is 1. The fraction of sp³-hybridized carbons (Fsp3) is 0.552. The predicted octanol–water partition coefficient (Wildman–Crippen LogP) is 7.11. The van der Waals surface area contributed by atoms with Crippen molar-refractivity contribution in [2.45, 2.75) is 96.6 Å². The van der Waals surface area contributed by atoms with Crippen LogP contribution < -0.4 is 4.74 Å². The van der Waals surface area contributed by atoms with Gasteiger partial charge in [-0.15, -0.1) is 5.73 Å². The molecular weight excluding hydrogens is 456 g/mol. The molecule has 0 fully saturated rings. The van der Waals surface area contributed by atoms with Crippen LogP contribution >= 0.6 is 0 Å². The van der Waals surface area contributed by atoms with Gasteiger partial charge < -0.3 is 14.3 Å². The molecule has 6 heteroatoms. The third-order valence-corrected chi connectivity index (χ3v) is 11.6. The molecule has 0 spiro atoms. The summed E-state index contributed by atoms with van der Waals surface area (Å²) in [6.07, 6.45) is 8.69. The van der Waals surface area contributed by atoms with E-state index in [1.54, 1.807) is 0 Å². The number of ether oxygens (including phenoxy) is 1. The Hall–Kier alpha value is -2.40. The molecule has 1 aliphatic rings. The van der Waals surface area contributed by atoms with Gasteiger partial charge in [0.15, 0.2) is 8.32 Å². The second-order valence-corrected chi connectivity index (χ2v) is 15.6. The minimum Gasteiger partial charge on any atom is -0.488 e. The molecule has 0 aliphatic heterocycles. The molecule has 1 N–H and O–H groups in total. The summed E-state index contributed by atoms with van der Waals surface area (Å²) in [5, 5.41) is 8.79. The van der Waals surface area contributed by atoms with Gasteiger partial charge in [-0.05, 0) is 75.0 Å². The van der Waals surface area contributed by atoms with Gasteiger partial charge in [0.2, 0.25) is 0 Å². The van der Waals surface area contributed by atoms with Crippen LogP contribution in [0, 0.1) is 5.92 Å². The average Bonchev–Trinajstić information content (AvgIpc) is 3.12. The first kappa shape index (κ1) is 28.8. The monoisotopic (exact) mass is 498 g/mol. The van der Waals surface area contributed by atoms with E-state index in [0.29, 0.717) is 12.8 Å².